The Labute approximate surface area is 121 Å². The third-order valence-electron chi connectivity index (χ3n) is 3.96. The maximum Gasteiger partial charge on any atom is 0.315 e. The summed E-state index contributed by atoms with van der Waals surface area (Å²) in [4.78, 5) is 0. The molecule has 0 saturated heterocycles. The van der Waals surface area contributed by atoms with E-state index in [-0.39, 0.29) is 0 Å². The first-order valence-corrected chi connectivity index (χ1v) is 7.74. The molecule has 1 fully saturated rings. The van der Waals surface area contributed by atoms with Gasteiger partial charge in [-0.25, -0.2) is 0 Å². The molecule has 1 saturated carbocycles. The standard InChI is InChI=1S/C15H28N4O/c1-11(2)9-16-10-13-18-19-14(20-13)17-12-5-7-15(3,4)8-6-12/h11-12,16H,5-10H2,1-4H3,(H,17,19). The topological polar surface area (TPSA) is 63.0 Å². The molecule has 1 aromatic heterocycles. The highest BCUT2D eigenvalue weighted by Gasteiger charge is 2.27. The average molecular weight is 280 g/mol. The van der Waals surface area contributed by atoms with E-state index in [4.69, 9.17) is 4.42 Å². The smallest absolute Gasteiger partial charge is 0.315 e. The lowest BCUT2D eigenvalue weighted by atomic mass is 9.76. The van der Waals surface area contributed by atoms with Crippen molar-refractivity contribution in [2.75, 3.05) is 11.9 Å². The predicted molar refractivity (Wildman–Crippen MR) is 80.5 cm³/mol. The molecule has 0 bridgehead atoms. The summed E-state index contributed by atoms with van der Waals surface area (Å²) in [5.41, 5.74) is 0.485. The van der Waals surface area contributed by atoms with Crippen molar-refractivity contribution in [2.45, 2.75) is 66.0 Å². The Balaban J connectivity index is 1.75. The SMILES string of the molecule is CC(C)CNCc1nnc(NC2CCC(C)(C)CC2)o1. The first kappa shape index (κ1) is 15.3. The molecule has 1 aromatic rings. The minimum Gasteiger partial charge on any atom is -0.407 e. The van der Waals surface area contributed by atoms with E-state index in [0.717, 1.165) is 6.54 Å². The van der Waals surface area contributed by atoms with Crippen LogP contribution >= 0.6 is 0 Å². The lowest BCUT2D eigenvalue weighted by Gasteiger charge is -2.34. The highest BCUT2D eigenvalue weighted by molar-refractivity contribution is 5.19. The summed E-state index contributed by atoms with van der Waals surface area (Å²) in [5.74, 6) is 1.28. The number of nitrogens with zero attached hydrogens (tertiary/aromatic N) is 2. The van der Waals surface area contributed by atoms with Crippen LogP contribution in [0.15, 0.2) is 4.42 Å². The molecule has 114 valence electrons. The molecule has 20 heavy (non-hydrogen) atoms. The van der Waals surface area contributed by atoms with Crippen LogP contribution in [0.1, 0.15) is 59.3 Å². The largest absolute Gasteiger partial charge is 0.407 e. The van der Waals surface area contributed by atoms with E-state index in [1.807, 2.05) is 0 Å². The lowest BCUT2D eigenvalue weighted by molar-refractivity contribution is 0.231. The van der Waals surface area contributed by atoms with Gasteiger partial charge in [-0.1, -0.05) is 32.8 Å². The van der Waals surface area contributed by atoms with Crippen LogP contribution in [-0.2, 0) is 6.54 Å². The number of nitrogens with one attached hydrogen (secondary N) is 2. The summed E-state index contributed by atoms with van der Waals surface area (Å²) in [7, 11) is 0. The van der Waals surface area contributed by atoms with Crippen molar-refractivity contribution in [3.05, 3.63) is 5.89 Å². The Morgan fingerprint density at radius 1 is 1.25 bits per heavy atom. The van der Waals surface area contributed by atoms with Crippen LogP contribution < -0.4 is 10.6 Å². The average Bonchev–Trinajstić information content (AvgIpc) is 2.79. The monoisotopic (exact) mass is 280 g/mol. The Bertz CT molecular complexity index is 404. The van der Waals surface area contributed by atoms with E-state index in [1.54, 1.807) is 0 Å². The predicted octanol–water partition coefficient (Wildman–Crippen LogP) is 3.20. The van der Waals surface area contributed by atoms with Gasteiger partial charge in [0.25, 0.3) is 0 Å². The Morgan fingerprint density at radius 2 is 1.95 bits per heavy atom. The molecule has 2 N–H and O–H groups in total. The number of rotatable bonds is 6. The quantitative estimate of drug-likeness (QED) is 0.838. The van der Waals surface area contributed by atoms with Gasteiger partial charge in [-0.3, -0.25) is 0 Å². The zero-order valence-electron chi connectivity index (χ0n) is 13.2. The molecule has 1 aliphatic rings. The second kappa shape index (κ2) is 6.57. The molecule has 0 radical (unpaired) electrons. The van der Waals surface area contributed by atoms with Crippen molar-refractivity contribution in [2.24, 2.45) is 11.3 Å². The van der Waals surface area contributed by atoms with Crippen molar-refractivity contribution < 1.29 is 4.42 Å². The summed E-state index contributed by atoms with van der Waals surface area (Å²) in [6.45, 7) is 10.6. The second-order valence-electron chi connectivity index (χ2n) is 7.11. The van der Waals surface area contributed by atoms with E-state index in [1.165, 1.54) is 25.7 Å². The van der Waals surface area contributed by atoms with Gasteiger partial charge < -0.3 is 15.1 Å². The number of hydrogen-bond donors (Lipinski definition) is 2. The van der Waals surface area contributed by atoms with Gasteiger partial charge in [-0.05, 0) is 43.6 Å². The normalized spacial score (nSPS) is 19.4. The highest BCUT2D eigenvalue weighted by atomic mass is 16.4. The molecule has 0 aromatic carbocycles. The van der Waals surface area contributed by atoms with Crippen LogP contribution in [0.4, 0.5) is 6.01 Å². The molecule has 1 heterocycles. The van der Waals surface area contributed by atoms with Crippen molar-refractivity contribution in [3.63, 3.8) is 0 Å². The van der Waals surface area contributed by atoms with Crippen LogP contribution in [0.5, 0.6) is 0 Å². The molecule has 0 atom stereocenters. The van der Waals surface area contributed by atoms with E-state index in [2.05, 4.69) is 48.5 Å². The molecule has 0 aliphatic heterocycles. The molecule has 2 rings (SSSR count). The van der Waals surface area contributed by atoms with Gasteiger partial charge in [0.05, 0.1) is 6.54 Å². The number of hydrogen-bond acceptors (Lipinski definition) is 5. The van der Waals surface area contributed by atoms with Crippen molar-refractivity contribution in [1.29, 1.82) is 0 Å². The molecular formula is C15H28N4O. The number of anilines is 1. The zero-order valence-corrected chi connectivity index (χ0v) is 13.2. The van der Waals surface area contributed by atoms with Crippen LogP contribution in [0.3, 0.4) is 0 Å². The fraction of sp³-hybridized carbons (Fsp3) is 0.867. The van der Waals surface area contributed by atoms with Gasteiger partial charge in [-0.15, -0.1) is 5.10 Å². The third kappa shape index (κ3) is 4.78. The van der Waals surface area contributed by atoms with E-state index in [0.29, 0.717) is 35.8 Å². The second-order valence-corrected chi connectivity index (χ2v) is 7.11. The van der Waals surface area contributed by atoms with E-state index in [9.17, 15) is 0 Å². The summed E-state index contributed by atoms with van der Waals surface area (Å²) in [6, 6.07) is 1.04. The lowest BCUT2D eigenvalue weighted by Crippen LogP contribution is -2.29. The molecular weight excluding hydrogens is 252 g/mol. The van der Waals surface area contributed by atoms with Crippen LogP contribution in [-0.4, -0.2) is 22.8 Å². The first-order valence-electron chi connectivity index (χ1n) is 7.74. The molecule has 0 amide bonds. The minimum absolute atomic E-state index is 0.472. The Hall–Kier alpha value is -1.10. The maximum absolute atomic E-state index is 5.62. The van der Waals surface area contributed by atoms with Gasteiger partial charge in [-0.2, -0.15) is 0 Å². The summed E-state index contributed by atoms with van der Waals surface area (Å²) in [5, 5.41) is 14.8. The zero-order chi connectivity index (χ0) is 14.6. The Kier molecular flexibility index (Phi) is 5.02. The number of aromatic nitrogens is 2. The minimum atomic E-state index is 0.472. The van der Waals surface area contributed by atoms with E-state index >= 15 is 0 Å². The van der Waals surface area contributed by atoms with Gasteiger partial charge in [0, 0.05) is 6.04 Å². The maximum atomic E-state index is 5.62. The molecule has 5 heteroatoms. The van der Waals surface area contributed by atoms with Gasteiger partial charge in [0.15, 0.2) is 0 Å². The molecule has 0 spiro atoms. The fourth-order valence-corrected chi connectivity index (χ4v) is 2.57. The first-order chi connectivity index (χ1) is 9.44. The van der Waals surface area contributed by atoms with Crippen LogP contribution in [0.2, 0.25) is 0 Å². The van der Waals surface area contributed by atoms with Crippen molar-refractivity contribution in [3.8, 4) is 0 Å². The summed E-state index contributed by atoms with van der Waals surface area (Å²) >= 11 is 0. The molecule has 1 aliphatic carbocycles. The summed E-state index contributed by atoms with van der Waals surface area (Å²) in [6.07, 6.45) is 4.86. The van der Waals surface area contributed by atoms with Crippen LogP contribution in [0, 0.1) is 11.3 Å². The van der Waals surface area contributed by atoms with Gasteiger partial charge in [0.2, 0.25) is 5.89 Å². The Morgan fingerprint density at radius 3 is 2.60 bits per heavy atom. The van der Waals surface area contributed by atoms with E-state index < -0.39 is 0 Å². The van der Waals surface area contributed by atoms with Gasteiger partial charge >= 0.3 is 6.01 Å². The molecule has 5 nitrogen and oxygen atoms in total. The fourth-order valence-electron chi connectivity index (χ4n) is 2.57. The van der Waals surface area contributed by atoms with Crippen molar-refractivity contribution >= 4 is 6.01 Å². The third-order valence-corrected chi connectivity index (χ3v) is 3.96. The molecule has 0 unspecified atom stereocenters. The van der Waals surface area contributed by atoms with Crippen LogP contribution in [0.25, 0.3) is 0 Å². The highest BCUT2D eigenvalue weighted by Crippen LogP contribution is 2.35. The van der Waals surface area contributed by atoms with Gasteiger partial charge in [0.1, 0.15) is 0 Å². The summed E-state index contributed by atoms with van der Waals surface area (Å²) < 4.78 is 5.62. The van der Waals surface area contributed by atoms with Crippen molar-refractivity contribution in [1.82, 2.24) is 15.5 Å².